The second-order valence-electron chi connectivity index (χ2n) is 5.76. The van der Waals surface area contributed by atoms with E-state index >= 15 is 0 Å². The standard InChI is InChI=1S/C17H22BrNO4/c18-13-4-3-5-15(12-13)23-14-8-10-19(11-9-14)16(20)6-1-2-7-17(21)22/h3-5,12,14H,1-2,6-11H2,(H,21,22). The topological polar surface area (TPSA) is 66.8 Å². The van der Waals surface area contributed by atoms with Crippen molar-refractivity contribution in [2.45, 2.75) is 44.6 Å². The number of unbranched alkanes of at least 4 members (excludes halogenated alkanes) is 1. The van der Waals surface area contributed by atoms with E-state index in [4.69, 9.17) is 9.84 Å². The van der Waals surface area contributed by atoms with E-state index in [-0.39, 0.29) is 18.4 Å². The van der Waals surface area contributed by atoms with Gasteiger partial charge in [-0.15, -0.1) is 0 Å². The van der Waals surface area contributed by atoms with Crippen molar-refractivity contribution in [1.29, 1.82) is 0 Å². The first kappa shape index (κ1) is 17.8. The predicted molar refractivity (Wildman–Crippen MR) is 90.5 cm³/mol. The lowest BCUT2D eigenvalue weighted by atomic mass is 10.1. The Hall–Kier alpha value is -1.56. The molecular formula is C17H22BrNO4. The smallest absolute Gasteiger partial charge is 0.303 e. The van der Waals surface area contributed by atoms with Crippen molar-refractivity contribution in [2.24, 2.45) is 0 Å². The van der Waals surface area contributed by atoms with Gasteiger partial charge in [-0.2, -0.15) is 0 Å². The van der Waals surface area contributed by atoms with E-state index in [0.29, 0.717) is 32.4 Å². The molecule has 6 heteroatoms. The fourth-order valence-electron chi connectivity index (χ4n) is 2.67. The summed E-state index contributed by atoms with van der Waals surface area (Å²) in [6.07, 6.45) is 3.56. The maximum absolute atomic E-state index is 12.1. The number of nitrogens with zero attached hydrogens (tertiary/aromatic N) is 1. The van der Waals surface area contributed by atoms with Crippen LogP contribution in [0.3, 0.4) is 0 Å². The number of carboxylic acids is 1. The number of rotatable bonds is 7. The van der Waals surface area contributed by atoms with Crippen LogP contribution in [0.15, 0.2) is 28.7 Å². The molecule has 0 radical (unpaired) electrons. The summed E-state index contributed by atoms with van der Waals surface area (Å²) in [4.78, 5) is 24.4. The van der Waals surface area contributed by atoms with E-state index in [1.807, 2.05) is 29.2 Å². The van der Waals surface area contributed by atoms with Crippen molar-refractivity contribution in [2.75, 3.05) is 13.1 Å². The van der Waals surface area contributed by atoms with E-state index < -0.39 is 5.97 Å². The molecule has 1 aromatic carbocycles. The van der Waals surface area contributed by atoms with Gasteiger partial charge in [0.15, 0.2) is 0 Å². The lowest BCUT2D eigenvalue weighted by Gasteiger charge is -2.32. The maximum Gasteiger partial charge on any atom is 0.303 e. The number of hydrogen-bond acceptors (Lipinski definition) is 3. The zero-order chi connectivity index (χ0) is 16.7. The number of amides is 1. The average Bonchev–Trinajstić information content (AvgIpc) is 2.52. The molecular weight excluding hydrogens is 362 g/mol. The summed E-state index contributed by atoms with van der Waals surface area (Å²) in [7, 11) is 0. The highest BCUT2D eigenvalue weighted by atomic mass is 79.9. The number of piperidine rings is 1. The molecule has 1 N–H and O–H groups in total. The Morgan fingerprint density at radius 3 is 2.57 bits per heavy atom. The molecule has 1 fully saturated rings. The van der Waals surface area contributed by atoms with E-state index in [1.165, 1.54) is 0 Å². The number of carbonyl (C=O) groups is 2. The van der Waals surface area contributed by atoms with Crippen molar-refractivity contribution in [3.8, 4) is 5.75 Å². The molecule has 0 atom stereocenters. The Morgan fingerprint density at radius 1 is 1.22 bits per heavy atom. The highest BCUT2D eigenvalue weighted by Crippen LogP contribution is 2.22. The molecule has 0 saturated carbocycles. The molecule has 1 aliphatic heterocycles. The number of carboxylic acid groups (broad SMARTS) is 1. The Balaban J connectivity index is 1.69. The zero-order valence-corrected chi connectivity index (χ0v) is 14.6. The Labute approximate surface area is 144 Å². The second kappa shape index (κ2) is 8.91. The van der Waals surface area contributed by atoms with E-state index in [2.05, 4.69) is 15.9 Å². The van der Waals surface area contributed by atoms with Crippen LogP contribution in [0.4, 0.5) is 0 Å². The number of carbonyl (C=O) groups excluding carboxylic acids is 1. The van der Waals surface area contributed by atoms with Gasteiger partial charge in [-0.3, -0.25) is 9.59 Å². The van der Waals surface area contributed by atoms with Gasteiger partial charge in [0.05, 0.1) is 0 Å². The van der Waals surface area contributed by atoms with E-state index in [9.17, 15) is 9.59 Å². The fourth-order valence-corrected chi connectivity index (χ4v) is 3.04. The van der Waals surface area contributed by atoms with Crippen molar-refractivity contribution in [3.05, 3.63) is 28.7 Å². The zero-order valence-electron chi connectivity index (χ0n) is 13.0. The van der Waals surface area contributed by atoms with Gasteiger partial charge in [0.2, 0.25) is 5.91 Å². The fraction of sp³-hybridized carbons (Fsp3) is 0.529. The van der Waals surface area contributed by atoms with Gasteiger partial charge in [0.1, 0.15) is 11.9 Å². The van der Waals surface area contributed by atoms with Crippen LogP contribution in [0.1, 0.15) is 38.5 Å². The average molecular weight is 384 g/mol. The van der Waals surface area contributed by atoms with Gasteiger partial charge in [-0.1, -0.05) is 22.0 Å². The number of halogens is 1. The summed E-state index contributed by atoms with van der Waals surface area (Å²) in [5, 5.41) is 8.58. The van der Waals surface area contributed by atoms with Crippen LogP contribution in [0, 0.1) is 0 Å². The van der Waals surface area contributed by atoms with Crippen LogP contribution >= 0.6 is 15.9 Å². The third kappa shape index (κ3) is 6.22. The molecule has 1 heterocycles. The summed E-state index contributed by atoms with van der Waals surface area (Å²) < 4.78 is 6.95. The van der Waals surface area contributed by atoms with E-state index in [1.54, 1.807) is 0 Å². The molecule has 1 aromatic rings. The molecule has 5 nitrogen and oxygen atoms in total. The van der Waals surface area contributed by atoms with Gasteiger partial charge >= 0.3 is 5.97 Å². The first-order valence-corrected chi connectivity index (χ1v) is 8.75. The molecule has 0 unspecified atom stereocenters. The Bertz CT molecular complexity index is 541. The molecule has 2 rings (SSSR count). The number of benzene rings is 1. The van der Waals surface area contributed by atoms with Crippen LogP contribution < -0.4 is 4.74 Å². The monoisotopic (exact) mass is 383 g/mol. The number of aliphatic carboxylic acids is 1. The van der Waals surface area contributed by atoms with Crippen molar-refractivity contribution in [1.82, 2.24) is 4.90 Å². The first-order valence-electron chi connectivity index (χ1n) is 7.96. The molecule has 0 spiro atoms. The van der Waals surface area contributed by atoms with Gasteiger partial charge in [0.25, 0.3) is 0 Å². The number of likely N-dealkylation sites (tertiary alicyclic amines) is 1. The van der Waals surface area contributed by atoms with Crippen LogP contribution in [0.2, 0.25) is 0 Å². The second-order valence-corrected chi connectivity index (χ2v) is 6.67. The maximum atomic E-state index is 12.1. The molecule has 0 aliphatic carbocycles. The van der Waals surface area contributed by atoms with Gasteiger partial charge in [-0.25, -0.2) is 0 Å². The highest BCUT2D eigenvalue weighted by Gasteiger charge is 2.23. The molecule has 0 aromatic heterocycles. The van der Waals surface area contributed by atoms with Crippen molar-refractivity contribution in [3.63, 3.8) is 0 Å². The van der Waals surface area contributed by atoms with Gasteiger partial charge in [-0.05, 0) is 31.0 Å². The first-order chi connectivity index (χ1) is 11.0. The quantitative estimate of drug-likeness (QED) is 0.732. The molecule has 1 amide bonds. The molecule has 1 saturated heterocycles. The van der Waals surface area contributed by atoms with E-state index in [0.717, 1.165) is 23.1 Å². The van der Waals surface area contributed by atoms with Gasteiger partial charge < -0.3 is 14.7 Å². The number of hydrogen-bond donors (Lipinski definition) is 1. The SMILES string of the molecule is O=C(O)CCCCC(=O)N1CCC(Oc2cccc(Br)c2)CC1. The minimum atomic E-state index is -0.803. The lowest BCUT2D eigenvalue weighted by Crippen LogP contribution is -2.41. The summed E-state index contributed by atoms with van der Waals surface area (Å²) in [6, 6.07) is 7.78. The predicted octanol–water partition coefficient (Wildman–Crippen LogP) is 3.46. The highest BCUT2D eigenvalue weighted by molar-refractivity contribution is 9.10. The third-order valence-corrected chi connectivity index (χ3v) is 4.42. The molecule has 0 bridgehead atoms. The molecule has 23 heavy (non-hydrogen) atoms. The summed E-state index contributed by atoms with van der Waals surface area (Å²) in [5.41, 5.74) is 0. The third-order valence-electron chi connectivity index (χ3n) is 3.92. The summed E-state index contributed by atoms with van der Waals surface area (Å²) in [5.74, 6) is 0.164. The Morgan fingerprint density at radius 2 is 1.91 bits per heavy atom. The van der Waals surface area contributed by atoms with Crippen molar-refractivity contribution >= 4 is 27.8 Å². The summed E-state index contributed by atoms with van der Waals surface area (Å²) in [6.45, 7) is 1.41. The Kier molecular flexibility index (Phi) is 6.89. The molecule has 1 aliphatic rings. The van der Waals surface area contributed by atoms with Crippen LogP contribution in [0.25, 0.3) is 0 Å². The molecule has 126 valence electrons. The summed E-state index contributed by atoms with van der Waals surface area (Å²) >= 11 is 3.42. The van der Waals surface area contributed by atoms with Crippen LogP contribution in [-0.4, -0.2) is 41.1 Å². The normalized spacial score (nSPS) is 15.4. The van der Waals surface area contributed by atoms with Crippen LogP contribution in [0.5, 0.6) is 5.75 Å². The van der Waals surface area contributed by atoms with Gasteiger partial charge in [0, 0.05) is 43.2 Å². The minimum absolute atomic E-state index is 0.122. The lowest BCUT2D eigenvalue weighted by molar-refractivity contribution is -0.138. The van der Waals surface area contributed by atoms with Crippen molar-refractivity contribution < 1.29 is 19.4 Å². The largest absolute Gasteiger partial charge is 0.490 e. The minimum Gasteiger partial charge on any atom is -0.490 e. The number of ether oxygens (including phenoxy) is 1. The van der Waals surface area contributed by atoms with Crippen LogP contribution in [-0.2, 0) is 9.59 Å².